The van der Waals surface area contributed by atoms with Gasteiger partial charge in [0, 0.05) is 12.8 Å². The summed E-state index contributed by atoms with van der Waals surface area (Å²) in [5, 5.41) is 3.08. The number of hydrogen-bond acceptors (Lipinski definition) is 6. The number of quaternary nitrogens is 1. The lowest BCUT2D eigenvalue weighted by Crippen LogP contribution is -2.47. The molecule has 9 nitrogen and oxygen atoms in total. The second-order valence-electron chi connectivity index (χ2n) is 27.9. The van der Waals surface area contributed by atoms with E-state index in [1.165, 1.54) is 270 Å². The molecule has 0 heterocycles. The summed E-state index contributed by atoms with van der Waals surface area (Å²) in [5.74, 6) is -0.491. The van der Waals surface area contributed by atoms with Gasteiger partial charge in [-0.2, -0.15) is 0 Å². The van der Waals surface area contributed by atoms with Crippen molar-refractivity contribution in [3.05, 3.63) is 72.9 Å². The highest BCUT2D eigenvalue weighted by Crippen LogP contribution is 2.43. The largest absolute Gasteiger partial charge is 0.472 e. The van der Waals surface area contributed by atoms with E-state index in [0.717, 1.165) is 77.0 Å². The molecule has 0 aliphatic rings. The molecule has 2 N–H and O–H groups in total. The van der Waals surface area contributed by atoms with Gasteiger partial charge in [-0.15, -0.1) is 0 Å². The van der Waals surface area contributed by atoms with Gasteiger partial charge in [-0.05, 0) is 102 Å². The van der Waals surface area contributed by atoms with Gasteiger partial charge in [0.2, 0.25) is 5.91 Å². The highest BCUT2D eigenvalue weighted by atomic mass is 31.2. The van der Waals surface area contributed by atoms with E-state index in [0.29, 0.717) is 23.9 Å². The molecule has 0 radical (unpaired) electrons. The van der Waals surface area contributed by atoms with E-state index >= 15 is 0 Å². The van der Waals surface area contributed by atoms with Gasteiger partial charge < -0.3 is 19.4 Å². The Morgan fingerprint density at radius 2 is 0.670 bits per heavy atom. The third-order valence-corrected chi connectivity index (χ3v) is 18.6. The van der Waals surface area contributed by atoms with Gasteiger partial charge in [-0.25, -0.2) is 4.57 Å². The third-order valence-electron chi connectivity index (χ3n) is 17.6. The number of phosphoric ester groups is 1. The minimum Gasteiger partial charge on any atom is -0.456 e. The lowest BCUT2D eigenvalue weighted by Gasteiger charge is -2.27. The van der Waals surface area contributed by atoms with Crippen LogP contribution in [0.2, 0.25) is 0 Å². The first-order valence-corrected chi connectivity index (χ1v) is 40.8. The molecule has 91 heavy (non-hydrogen) atoms. The number of rotatable bonds is 72. The summed E-state index contributed by atoms with van der Waals surface area (Å²) in [7, 11) is 1.51. The highest BCUT2D eigenvalue weighted by molar-refractivity contribution is 7.47. The summed E-state index contributed by atoms with van der Waals surface area (Å²) < 4.78 is 30.9. The molecular formula is C81H152N2O7P+. The number of carbonyl (C=O) groups is 2. The maximum atomic E-state index is 13.7. The summed E-state index contributed by atoms with van der Waals surface area (Å²) in [6, 6.07) is -0.852. The number of phosphoric acid groups is 1. The first-order chi connectivity index (χ1) is 44.4. The zero-order chi connectivity index (χ0) is 66.3. The molecule has 0 aromatic heterocycles. The minimum atomic E-state index is -4.46. The monoisotopic (exact) mass is 1300 g/mol. The molecular weight excluding hydrogens is 1140 g/mol. The average molecular weight is 1300 g/mol. The molecule has 0 aromatic rings. The van der Waals surface area contributed by atoms with Crippen molar-refractivity contribution < 1.29 is 37.3 Å². The van der Waals surface area contributed by atoms with Crippen molar-refractivity contribution >= 4 is 19.7 Å². The number of allylic oxidation sites excluding steroid dienone is 11. The lowest BCUT2D eigenvalue weighted by molar-refractivity contribution is -0.870. The molecule has 0 rings (SSSR count). The van der Waals surface area contributed by atoms with Crippen molar-refractivity contribution in [2.24, 2.45) is 0 Å². The number of ether oxygens (including phenoxy) is 1. The minimum absolute atomic E-state index is 0.0400. The van der Waals surface area contributed by atoms with Crippen molar-refractivity contribution in [1.82, 2.24) is 5.32 Å². The lowest BCUT2D eigenvalue weighted by atomic mass is 10.0. The summed E-state index contributed by atoms with van der Waals surface area (Å²) in [6.45, 7) is 7.02. The Morgan fingerprint density at radius 3 is 1.02 bits per heavy atom. The number of hydrogen-bond donors (Lipinski definition) is 2. The molecule has 0 bridgehead atoms. The van der Waals surface area contributed by atoms with E-state index in [-0.39, 0.29) is 25.1 Å². The van der Waals surface area contributed by atoms with Crippen molar-refractivity contribution in [2.75, 3.05) is 40.9 Å². The maximum Gasteiger partial charge on any atom is 0.472 e. The van der Waals surface area contributed by atoms with Crippen molar-refractivity contribution in [3.63, 3.8) is 0 Å². The average Bonchev–Trinajstić information content (AvgIpc) is 3.73. The molecule has 0 spiro atoms. The van der Waals surface area contributed by atoms with Crippen molar-refractivity contribution in [1.29, 1.82) is 0 Å². The number of esters is 1. The van der Waals surface area contributed by atoms with Crippen LogP contribution >= 0.6 is 7.82 Å². The zero-order valence-corrected chi connectivity index (χ0v) is 62.0. The molecule has 1 amide bonds. The predicted molar refractivity (Wildman–Crippen MR) is 397 cm³/mol. The second kappa shape index (κ2) is 70.3. The van der Waals surface area contributed by atoms with Crippen LogP contribution in [0, 0.1) is 0 Å². The van der Waals surface area contributed by atoms with Crippen LogP contribution in [-0.4, -0.2) is 74.3 Å². The molecule has 0 fully saturated rings. The smallest absolute Gasteiger partial charge is 0.456 e. The van der Waals surface area contributed by atoms with Gasteiger partial charge >= 0.3 is 13.8 Å². The van der Waals surface area contributed by atoms with E-state index in [1.807, 2.05) is 27.2 Å². The van der Waals surface area contributed by atoms with Crippen LogP contribution in [0.15, 0.2) is 72.9 Å². The Balaban J connectivity index is 4.97. The molecule has 3 atom stereocenters. The van der Waals surface area contributed by atoms with E-state index in [1.54, 1.807) is 0 Å². The summed E-state index contributed by atoms with van der Waals surface area (Å²) >= 11 is 0. The fraction of sp³-hybridized carbons (Fsp3) is 0.827. The number of unbranched alkanes of at least 4 members (excludes halogenated alkanes) is 46. The van der Waals surface area contributed by atoms with Crippen LogP contribution in [0.5, 0.6) is 0 Å². The van der Waals surface area contributed by atoms with E-state index in [4.69, 9.17) is 13.8 Å². The fourth-order valence-corrected chi connectivity index (χ4v) is 12.3. The Labute approximate surface area is 565 Å². The summed E-state index contributed by atoms with van der Waals surface area (Å²) in [6.07, 6.45) is 93.6. The quantitative estimate of drug-likeness (QED) is 0.0205. The molecule has 532 valence electrons. The number of carbonyl (C=O) groups excluding carboxylic acids is 2. The van der Waals surface area contributed by atoms with Gasteiger partial charge in [0.1, 0.15) is 19.3 Å². The standard InChI is InChI=1S/C81H151N2O7P/c1-7-10-13-16-19-22-25-28-30-32-34-36-38-40-41-43-45-47-49-51-53-56-59-62-65-68-71-74-81(85)90-79(72-69-66-63-60-57-54-27-24-21-18-15-12-9-3)78(77-89-91(86,87)88-76-75-83(4,5)6)82-80(84)73-70-67-64-61-58-55-52-50-48-46-44-42-39-37-35-33-31-29-26-23-20-17-14-11-8-2/h19-20,22-23,28-31,35,37,69,72,78-79H,7-18,21,24-27,32-34,36,38-68,70-71,73-77H2,1-6H3,(H-,82,84,86,87)/p+1/b22-19-,23-20-,30-28-,31-29-,37-35-,72-69+. The van der Waals surface area contributed by atoms with E-state index < -0.39 is 20.0 Å². The van der Waals surface area contributed by atoms with Crippen LogP contribution in [0.4, 0.5) is 0 Å². The van der Waals surface area contributed by atoms with Gasteiger partial charge in [-0.3, -0.25) is 18.6 Å². The fourth-order valence-electron chi connectivity index (χ4n) is 11.6. The first-order valence-electron chi connectivity index (χ1n) is 39.3. The summed E-state index contributed by atoms with van der Waals surface area (Å²) in [4.78, 5) is 38.0. The van der Waals surface area contributed by atoms with Crippen molar-refractivity contribution in [3.8, 4) is 0 Å². The molecule has 0 aliphatic carbocycles. The second-order valence-corrected chi connectivity index (χ2v) is 29.3. The number of amides is 1. The Hall–Kier alpha value is -2.55. The molecule has 0 saturated carbocycles. The van der Waals surface area contributed by atoms with Crippen molar-refractivity contribution in [2.45, 2.75) is 392 Å². The molecule has 0 saturated heterocycles. The molecule has 0 aliphatic heterocycles. The van der Waals surface area contributed by atoms with Gasteiger partial charge in [0.25, 0.3) is 0 Å². The number of nitrogens with zero attached hydrogens (tertiary/aromatic N) is 1. The molecule has 0 aromatic carbocycles. The van der Waals surface area contributed by atoms with Crippen LogP contribution in [0.25, 0.3) is 0 Å². The van der Waals surface area contributed by atoms with Gasteiger partial charge in [0.15, 0.2) is 0 Å². The first kappa shape index (κ1) is 88.5. The Morgan fingerprint density at radius 1 is 0.385 bits per heavy atom. The molecule has 3 unspecified atom stereocenters. The topological polar surface area (TPSA) is 111 Å². The predicted octanol–water partition coefficient (Wildman–Crippen LogP) is 25.5. The Kier molecular flexibility index (Phi) is 68.3. The summed E-state index contributed by atoms with van der Waals surface area (Å²) in [5.41, 5.74) is 0. The SMILES string of the molecule is CCCCC/C=C\C/C=C\C/C=C\CCCCCCCCCCCCCCC(=O)NC(COP(=O)(O)OCC[N+](C)(C)C)C(/C=C/CCCCCCCCCCCCC)OC(=O)CCCCCCCCCCCCCCCCCCC/C=C\C/C=C\CCCCC. The molecule has 10 heteroatoms. The van der Waals surface area contributed by atoms with Gasteiger partial charge in [-0.1, -0.05) is 338 Å². The number of nitrogens with one attached hydrogen (secondary N) is 1. The highest BCUT2D eigenvalue weighted by Gasteiger charge is 2.30. The van der Waals surface area contributed by atoms with E-state index in [9.17, 15) is 19.0 Å². The van der Waals surface area contributed by atoms with Crippen LogP contribution in [0.1, 0.15) is 380 Å². The maximum absolute atomic E-state index is 13.7. The zero-order valence-electron chi connectivity index (χ0n) is 61.1. The Bertz CT molecular complexity index is 1780. The number of likely N-dealkylation sites (N-methyl/N-ethyl adjacent to an activating group) is 1. The van der Waals surface area contributed by atoms with Crippen LogP contribution in [-0.2, 0) is 27.9 Å². The van der Waals surface area contributed by atoms with Gasteiger partial charge in [0.05, 0.1) is 33.8 Å². The van der Waals surface area contributed by atoms with Crippen LogP contribution < -0.4 is 5.32 Å². The van der Waals surface area contributed by atoms with Crippen LogP contribution in [0.3, 0.4) is 0 Å². The van der Waals surface area contributed by atoms with E-state index in [2.05, 4.69) is 92.9 Å². The normalized spacial score (nSPS) is 13.8. The third kappa shape index (κ3) is 71.6.